The molecule has 182 valence electrons. The molecule has 7 nitrogen and oxygen atoms in total. The number of allylic oxidation sites excluding steroid dienone is 2. The van der Waals surface area contributed by atoms with Gasteiger partial charge in [-0.05, 0) is 90.4 Å². The van der Waals surface area contributed by atoms with E-state index in [1.807, 2.05) is 55.7 Å². The predicted molar refractivity (Wildman–Crippen MR) is 142 cm³/mol. The first-order valence-corrected chi connectivity index (χ1v) is 11.7. The largest absolute Gasteiger partial charge is 0.402 e. The van der Waals surface area contributed by atoms with Crippen LogP contribution in [0.1, 0.15) is 44.2 Å². The summed E-state index contributed by atoms with van der Waals surface area (Å²) in [6, 6.07) is 13.5. The predicted octanol–water partition coefficient (Wildman–Crippen LogP) is 4.91. The van der Waals surface area contributed by atoms with Crippen LogP contribution < -0.4 is 16.4 Å². The first-order chi connectivity index (χ1) is 16.8. The first-order valence-electron chi connectivity index (χ1n) is 11.7. The third-order valence-electron chi connectivity index (χ3n) is 5.97. The van der Waals surface area contributed by atoms with E-state index >= 15 is 0 Å². The molecule has 0 unspecified atom stereocenters. The number of hydrogen-bond donors (Lipinski definition) is 4. The Morgan fingerprint density at radius 2 is 1.89 bits per heavy atom. The molecule has 0 saturated heterocycles. The number of nitrogens with zero attached hydrogens (tertiary/aromatic N) is 2. The quantitative estimate of drug-likeness (QED) is 0.289. The SMILES string of the molecule is CC1(C)CCC(C(=N)c2cc(NC=O)cc(-c3ccncc3)c2)=C(N)C1.CNCc1cccnc1. The molecule has 2 heterocycles. The van der Waals surface area contributed by atoms with Crippen LogP contribution in [-0.2, 0) is 11.3 Å². The van der Waals surface area contributed by atoms with E-state index in [-0.39, 0.29) is 5.41 Å². The van der Waals surface area contributed by atoms with Gasteiger partial charge >= 0.3 is 0 Å². The normalized spacial score (nSPS) is 14.5. The van der Waals surface area contributed by atoms with E-state index in [9.17, 15) is 4.79 Å². The Morgan fingerprint density at radius 1 is 1.11 bits per heavy atom. The van der Waals surface area contributed by atoms with Crippen LogP contribution in [0.25, 0.3) is 11.1 Å². The van der Waals surface area contributed by atoms with Crippen molar-refractivity contribution in [1.82, 2.24) is 15.3 Å². The summed E-state index contributed by atoms with van der Waals surface area (Å²) in [6.07, 6.45) is 10.3. The number of anilines is 1. The molecule has 1 aliphatic rings. The molecule has 7 heteroatoms. The molecule has 4 rings (SSSR count). The molecule has 0 spiro atoms. The molecule has 1 amide bonds. The van der Waals surface area contributed by atoms with Crippen LogP contribution in [0.4, 0.5) is 5.69 Å². The van der Waals surface area contributed by atoms with Crippen molar-refractivity contribution in [2.24, 2.45) is 11.1 Å². The van der Waals surface area contributed by atoms with Gasteiger partial charge in [-0.15, -0.1) is 0 Å². The summed E-state index contributed by atoms with van der Waals surface area (Å²) in [5, 5.41) is 14.4. The number of pyridine rings is 2. The zero-order valence-electron chi connectivity index (χ0n) is 20.6. The van der Waals surface area contributed by atoms with Gasteiger partial charge in [-0.2, -0.15) is 0 Å². The Hall–Kier alpha value is -3.84. The topological polar surface area (TPSA) is 117 Å². The molecule has 0 atom stereocenters. The highest BCUT2D eigenvalue weighted by molar-refractivity contribution is 6.12. The number of nitrogens with one attached hydrogen (secondary N) is 3. The van der Waals surface area contributed by atoms with Gasteiger partial charge in [0.15, 0.2) is 0 Å². The van der Waals surface area contributed by atoms with Crippen molar-refractivity contribution in [1.29, 1.82) is 5.41 Å². The van der Waals surface area contributed by atoms with Crippen LogP contribution in [0.2, 0.25) is 0 Å². The van der Waals surface area contributed by atoms with Crippen LogP contribution >= 0.6 is 0 Å². The van der Waals surface area contributed by atoms with E-state index in [0.717, 1.165) is 53.8 Å². The van der Waals surface area contributed by atoms with Gasteiger partial charge in [0.1, 0.15) is 0 Å². The van der Waals surface area contributed by atoms with Crippen LogP contribution in [0.3, 0.4) is 0 Å². The lowest BCUT2D eigenvalue weighted by atomic mass is 9.75. The maximum atomic E-state index is 10.9. The molecule has 0 aliphatic heterocycles. The van der Waals surface area contributed by atoms with E-state index in [1.54, 1.807) is 18.6 Å². The number of amides is 1. The van der Waals surface area contributed by atoms with Crippen molar-refractivity contribution in [2.75, 3.05) is 12.4 Å². The molecule has 1 aromatic carbocycles. The lowest BCUT2D eigenvalue weighted by Crippen LogP contribution is -2.25. The van der Waals surface area contributed by atoms with E-state index in [4.69, 9.17) is 11.1 Å². The summed E-state index contributed by atoms with van der Waals surface area (Å²) in [5.41, 5.74) is 13.2. The lowest BCUT2D eigenvalue weighted by Gasteiger charge is -2.32. The second-order valence-corrected chi connectivity index (χ2v) is 9.41. The molecule has 3 aromatic rings. The van der Waals surface area contributed by atoms with Crippen molar-refractivity contribution in [2.45, 2.75) is 39.7 Å². The van der Waals surface area contributed by atoms with E-state index in [2.05, 4.69) is 34.4 Å². The first kappa shape index (κ1) is 25.8. The molecule has 35 heavy (non-hydrogen) atoms. The van der Waals surface area contributed by atoms with Gasteiger partial charge in [-0.25, -0.2) is 0 Å². The summed E-state index contributed by atoms with van der Waals surface area (Å²) in [5.74, 6) is 0. The molecule has 0 radical (unpaired) electrons. The zero-order valence-corrected chi connectivity index (χ0v) is 20.6. The summed E-state index contributed by atoms with van der Waals surface area (Å²) >= 11 is 0. The van der Waals surface area contributed by atoms with Gasteiger partial charge < -0.3 is 16.4 Å². The summed E-state index contributed by atoms with van der Waals surface area (Å²) in [6.45, 7) is 5.31. The zero-order chi connectivity index (χ0) is 25.3. The van der Waals surface area contributed by atoms with Crippen LogP contribution in [-0.4, -0.2) is 29.1 Å². The monoisotopic (exact) mass is 470 g/mol. The minimum atomic E-state index is 0.178. The molecule has 1 aliphatic carbocycles. The highest BCUT2D eigenvalue weighted by Crippen LogP contribution is 2.38. The van der Waals surface area contributed by atoms with Gasteiger partial charge in [-0.1, -0.05) is 19.9 Å². The summed E-state index contributed by atoms with van der Waals surface area (Å²) in [4.78, 5) is 18.9. The van der Waals surface area contributed by atoms with Gasteiger partial charge in [0.05, 0.1) is 5.71 Å². The fraction of sp³-hybridized carbons (Fsp3) is 0.286. The maximum Gasteiger partial charge on any atom is 0.211 e. The average molecular weight is 471 g/mol. The van der Waals surface area contributed by atoms with Crippen molar-refractivity contribution >= 4 is 17.8 Å². The minimum Gasteiger partial charge on any atom is -0.402 e. The van der Waals surface area contributed by atoms with E-state index in [0.29, 0.717) is 17.8 Å². The number of carbonyl (C=O) groups is 1. The number of carbonyl (C=O) groups excluding carboxylic acids is 1. The smallest absolute Gasteiger partial charge is 0.211 e. The van der Waals surface area contributed by atoms with Crippen molar-refractivity contribution < 1.29 is 4.79 Å². The number of rotatable bonds is 7. The third kappa shape index (κ3) is 7.32. The second kappa shape index (κ2) is 12.0. The van der Waals surface area contributed by atoms with Crippen molar-refractivity contribution in [3.05, 3.63) is 89.6 Å². The number of aromatic nitrogens is 2. The van der Waals surface area contributed by atoms with Crippen LogP contribution in [0.5, 0.6) is 0 Å². The Morgan fingerprint density at radius 3 is 2.51 bits per heavy atom. The van der Waals surface area contributed by atoms with Gasteiger partial charge in [-0.3, -0.25) is 20.2 Å². The molecular formula is C28H34N6O. The standard InChI is InChI=1S/C21H24N4O.C7H10N2/c1-21(2)6-3-18(19(22)12-21)20(23)16-9-15(10-17(11-16)25-13-26)14-4-7-24-8-5-14;1-8-5-7-3-2-4-9-6-7/h4-5,7-11,13,23H,3,6,12,22H2,1-2H3,(H,25,26);2-4,6,8H,5H2,1H3. The van der Waals surface area contributed by atoms with Gasteiger partial charge in [0.25, 0.3) is 0 Å². The van der Waals surface area contributed by atoms with Crippen LogP contribution in [0.15, 0.2) is 78.5 Å². The fourth-order valence-electron chi connectivity index (χ4n) is 4.14. The fourth-order valence-corrected chi connectivity index (χ4v) is 4.14. The highest BCUT2D eigenvalue weighted by Gasteiger charge is 2.27. The minimum absolute atomic E-state index is 0.178. The van der Waals surface area contributed by atoms with Gasteiger partial charge in [0.2, 0.25) is 6.41 Å². The molecule has 0 fully saturated rings. The van der Waals surface area contributed by atoms with Crippen molar-refractivity contribution in [3.63, 3.8) is 0 Å². The Balaban J connectivity index is 0.000000320. The highest BCUT2D eigenvalue weighted by atomic mass is 16.1. The summed E-state index contributed by atoms with van der Waals surface area (Å²) < 4.78 is 0. The lowest BCUT2D eigenvalue weighted by molar-refractivity contribution is -0.105. The number of hydrogen-bond acceptors (Lipinski definition) is 6. The van der Waals surface area contributed by atoms with E-state index < -0.39 is 0 Å². The Kier molecular flexibility index (Phi) is 8.86. The Labute approximate surface area is 207 Å². The van der Waals surface area contributed by atoms with Crippen LogP contribution in [0, 0.1) is 10.8 Å². The molecule has 2 aromatic heterocycles. The summed E-state index contributed by atoms with van der Waals surface area (Å²) in [7, 11) is 1.92. The number of benzene rings is 1. The molecular weight excluding hydrogens is 436 g/mol. The molecule has 5 N–H and O–H groups in total. The molecule has 0 saturated carbocycles. The maximum absolute atomic E-state index is 10.9. The third-order valence-corrected chi connectivity index (χ3v) is 5.97. The molecule has 0 bridgehead atoms. The van der Waals surface area contributed by atoms with Crippen molar-refractivity contribution in [3.8, 4) is 11.1 Å². The number of nitrogens with two attached hydrogens (primary N) is 1. The van der Waals surface area contributed by atoms with E-state index in [1.165, 1.54) is 5.56 Å². The second-order valence-electron chi connectivity index (χ2n) is 9.41. The van der Waals surface area contributed by atoms with Gasteiger partial charge in [0, 0.05) is 48.3 Å². The average Bonchev–Trinajstić information content (AvgIpc) is 2.85. The Bertz CT molecular complexity index is 1170.